The number of hydrogen-bond acceptors (Lipinski definition) is 4. The molecule has 0 rings (SSSR count). The number of hydrogen-bond donors (Lipinski definition) is 1. The fourth-order valence-electron chi connectivity index (χ4n) is 0.244. The van der Waals surface area contributed by atoms with E-state index in [0.29, 0.717) is 0 Å². The minimum Gasteiger partial charge on any atom is -0.481 e. The molecular weight excluding hydrogens is 156 g/mol. The van der Waals surface area contributed by atoms with Crippen LogP contribution in [0.25, 0.3) is 5.53 Å². The molecule has 0 atom stereocenters. The van der Waals surface area contributed by atoms with E-state index < -0.39 is 22.9 Å². The highest BCUT2D eigenvalue weighted by molar-refractivity contribution is 5.82. The van der Waals surface area contributed by atoms with Gasteiger partial charge in [0.1, 0.15) is 0 Å². The Morgan fingerprint density at radius 2 is 1.91 bits per heavy atom. The van der Waals surface area contributed by atoms with Gasteiger partial charge in [-0.3, -0.25) is 4.79 Å². The van der Waals surface area contributed by atoms with Gasteiger partial charge in [-0.1, -0.05) is 0 Å². The van der Waals surface area contributed by atoms with Crippen molar-refractivity contribution in [3.05, 3.63) is 5.53 Å². The second-order valence-corrected chi connectivity index (χ2v) is 1.45. The minimum atomic E-state index is -1.92. The zero-order chi connectivity index (χ0) is 9.02. The van der Waals surface area contributed by atoms with E-state index in [0.717, 1.165) is 6.92 Å². The summed E-state index contributed by atoms with van der Waals surface area (Å²) < 4.78 is 2.96. The van der Waals surface area contributed by atoms with Gasteiger partial charge < -0.3 is 15.4 Å². The number of carbonyl (C=O) groups excluding carboxylic acids is 2. The molecule has 0 bridgehead atoms. The molecule has 0 aliphatic carbocycles. The van der Waals surface area contributed by atoms with Crippen molar-refractivity contribution in [2.45, 2.75) is 6.92 Å². The lowest BCUT2D eigenvalue weighted by Crippen LogP contribution is -2.25. The van der Waals surface area contributed by atoms with Crippen LogP contribution < -0.4 is 0 Å². The summed E-state index contributed by atoms with van der Waals surface area (Å²) in [6.07, 6.45) is -3.57. The Hall–Kier alpha value is -1.79. The van der Waals surface area contributed by atoms with Gasteiger partial charge in [0.2, 0.25) is 0 Å². The maximum Gasteiger partial charge on any atom is 0.604 e. The second kappa shape index (κ2) is 3.40. The quantitative estimate of drug-likeness (QED) is 0.238. The molecule has 0 aliphatic heterocycles. The largest absolute Gasteiger partial charge is 0.604 e. The molecular formula is C4H4N2O5. The average Bonchev–Trinajstić information content (AvgIpc) is 1.84. The fourth-order valence-corrected chi connectivity index (χ4v) is 0.244. The third kappa shape index (κ3) is 3.04. The van der Waals surface area contributed by atoms with E-state index >= 15 is 0 Å². The maximum absolute atomic E-state index is 10.2. The Balaban J connectivity index is 4.16. The number of imide groups is 1. The summed E-state index contributed by atoms with van der Waals surface area (Å²) in [6, 6.07) is 0. The van der Waals surface area contributed by atoms with Crippen LogP contribution in [0, 0.1) is 0 Å². The molecule has 0 unspecified atom stereocenters. The third-order valence-electron chi connectivity index (χ3n) is 0.585. The van der Waals surface area contributed by atoms with Gasteiger partial charge in [-0.25, -0.2) is 0 Å². The Labute approximate surface area is 60.7 Å². The van der Waals surface area contributed by atoms with Gasteiger partial charge in [0, 0.05) is 6.92 Å². The molecule has 1 N–H and O–H groups in total. The Morgan fingerprint density at radius 1 is 1.45 bits per heavy atom. The molecule has 0 aromatic carbocycles. The van der Waals surface area contributed by atoms with E-state index in [2.05, 4.69) is 4.74 Å². The molecule has 11 heavy (non-hydrogen) atoms. The summed E-state index contributed by atoms with van der Waals surface area (Å²) in [5, 5.41) is 7.93. The second-order valence-electron chi connectivity index (χ2n) is 1.45. The summed E-state index contributed by atoms with van der Waals surface area (Å²) in [5.41, 5.74) is 8.25. The van der Waals surface area contributed by atoms with Crippen LogP contribution in [0.3, 0.4) is 0 Å². The molecule has 0 aliphatic rings. The number of nitrogens with zero attached hydrogens (tertiary/aromatic N) is 2. The predicted octanol–water partition coefficient (Wildman–Crippen LogP) is 0.382. The number of rotatable bonds is 0. The van der Waals surface area contributed by atoms with Gasteiger partial charge >= 0.3 is 18.2 Å². The number of carboxylic acid groups (broad SMARTS) is 1. The summed E-state index contributed by atoms with van der Waals surface area (Å²) in [6.45, 7) is 0.896. The first kappa shape index (κ1) is 9.21. The summed E-state index contributed by atoms with van der Waals surface area (Å²) in [5.74, 6) is -1.00. The molecule has 0 heterocycles. The van der Waals surface area contributed by atoms with Crippen LogP contribution in [0.1, 0.15) is 6.92 Å². The first-order chi connectivity index (χ1) is 4.95. The van der Waals surface area contributed by atoms with E-state index in [9.17, 15) is 14.4 Å². The minimum absolute atomic E-state index is 0.735. The van der Waals surface area contributed by atoms with Crippen LogP contribution >= 0.6 is 0 Å². The van der Waals surface area contributed by atoms with Crippen LogP contribution in [-0.2, 0) is 9.53 Å². The molecule has 7 heteroatoms. The Kier molecular flexibility index (Phi) is 2.84. The summed E-state index contributed by atoms with van der Waals surface area (Å²) in [4.78, 5) is 30.0. The highest BCUT2D eigenvalue weighted by atomic mass is 16.6. The third-order valence-corrected chi connectivity index (χ3v) is 0.585. The zero-order valence-electron chi connectivity index (χ0n) is 5.47. The zero-order valence-corrected chi connectivity index (χ0v) is 5.47. The normalized spacial score (nSPS) is 8.45. The summed E-state index contributed by atoms with van der Waals surface area (Å²) >= 11 is 0. The summed E-state index contributed by atoms with van der Waals surface area (Å²) in [7, 11) is 0. The van der Waals surface area contributed by atoms with Gasteiger partial charge in [-0.15, -0.1) is 4.70 Å². The molecule has 0 radical (unpaired) electrons. The SMILES string of the molecule is CC(=O)OC(=O)[N+](=[N-])C(=O)O. The number of amides is 2. The van der Waals surface area contributed by atoms with Gasteiger partial charge in [-0.05, 0) is 0 Å². The van der Waals surface area contributed by atoms with E-state index in [1.54, 1.807) is 0 Å². The van der Waals surface area contributed by atoms with Crippen LogP contribution in [0.2, 0.25) is 0 Å². The number of esters is 1. The Bertz CT molecular complexity index is 233. The molecule has 0 aromatic heterocycles. The number of carbonyl (C=O) groups is 3. The first-order valence-electron chi connectivity index (χ1n) is 2.39. The van der Waals surface area contributed by atoms with Crippen LogP contribution in [0.15, 0.2) is 0 Å². The van der Waals surface area contributed by atoms with E-state index in [4.69, 9.17) is 10.6 Å². The molecule has 0 spiro atoms. The van der Waals surface area contributed by atoms with Gasteiger partial charge in [0.15, 0.2) is 0 Å². The van der Waals surface area contributed by atoms with Gasteiger partial charge in [0.05, 0.1) is 0 Å². The van der Waals surface area contributed by atoms with Crippen molar-refractivity contribution < 1.29 is 28.9 Å². The van der Waals surface area contributed by atoms with E-state index in [1.165, 1.54) is 0 Å². The van der Waals surface area contributed by atoms with E-state index in [1.807, 2.05) is 0 Å². The Morgan fingerprint density at radius 3 is 2.18 bits per heavy atom. The van der Waals surface area contributed by atoms with Crippen molar-refractivity contribution in [1.82, 2.24) is 0 Å². The monoisotopic (exact) mass is 160 g/mol. The molecule has 7 nitrogen and oxygen atoms in total. The smallest absolute Gasteiger partial charge is 0.481 e. The van der Waals surface area contributed by atoms with Crippen molar-refractivity contribution in [2.75, 3.05) is 0 Å². The maximum atomic E-state index is 10.2. The highest BCUT2D eigenvalue weighted by Gasteiger charge is 2.23. The highest BCUT2D eigenvalue weighted by Crippen LogP contribution is 1.86. The van der Waals surface area contributed by atoms with Crippen molar-refractivity contribution >= 4 is 18.2 Å². The lowest BCUT2D eigenvalue weighted by atomic mass is 10.8. The molecule has 0 fully saturated rings. The molecule has 60 valence electrons. The topological polar surface area (TPSA) is 106 Å². The number of ether oxygens (including phenoxy) is 1. The lowest BCUT2D eigenvalue weighted by molar-refractivity contribution is -0.383. The molecule has 2 amide bonds. The molecule has 0 saturated heterocycles. The van der Waals surface area contributed by atoms with Gasteiger partial charge in [0.25, 0.3) is 0 Å². The lowest BCUT2D eigenvalue weighted by Gasteiger charge is -1.94. The van der Waals surface area contributed by atoms with Crippen molar-refractivity contribution in [2.24, 2.45) is 0 Å². The first-order valence-corrected chi connectivity index (χ1v) is 2.39. The molecule has 0 saturated carbocycles. The predicted molar refractivity (Wildman–Crippen MR) is 28.8 cm³/mol. The van der Waals surface area contributed by atoms with Crippen LogP contribution in [-0.4, -0.2) is 28.0 Å². The van der Waals surface area contributed by atoms with Crippen LogP contribution in [0.4, 0.5) is 9.59 Å². The van der Waals surface area contributed by atoms with Crippen LogP contribution in [0.5, 0.6) is 0 Å². The van der Waals surface area contributed by atoms with Gasteiger partial charge in [-0.2, -0.15) is 9.59 Å². The molecule has 0 aromatic rings. The van der Waals surface area contributed by atoms with Crippen molar-refractivity contribution in [3.63, 3.8) is 0 Å². The van der Waals surface area contributed by atoms with E-state index in [-0.39, 0.29) is 0 Å². The average molecular weight is 160 g/mol. The van der Waals surface area contributed by atoms with Crippen molar-refractivity contribution in [1.29, 1.82) is 0 Å². The fraction of sp³-hybridized carbons (Fsp3) is 0.250. The standard InChI is InChI=1S/C4H4N2O5/c1-2(7)11-4(10)6(5)3(8)9/h1H3,(H,8,9). The van der Waals surface area contributed by atoms with Crippen molar-refractivity contribution in [3.8, 4) is 0 Å².